The second-order valence-corrected chi connectivity index (χ2v) is 9.70. The van der Waals surface area contributed by atoms with Crippen molar-refractivity contribution >= 4 is 25.0 Å². The number of rotatable bonds is 3. The first-order valence-electron chi connectivity index (χ1n) is 5.57. The van der Waals surface area contributed by atoms with Crippen molar-refractivity contribution in [1.82, 2.24) is 0 Å². The third-order valence-electron chi connectivity index (χ3n) is 3.15. The van der Waals surface area contributed by atoms with Gasteiger partial charge >= 0.3 is 21.7 Å². The molecule has 0 saturated heterocycles. The molecular formula is C14H17Cl2SSiTi. The van der Waals surface area contributed by atoms with Gasteiger partial charge in [-0.15, -0.1) is 18.2 Å². The predicted octanol–water partition coefficient (Wildman–Crippen LogP) is -2.44. The minimum absolute atomic E-state index is 0. The zero-order chi connectivity index (χ0) is 11.6. The first-order valence-corrected chi connectivity index (χ1v) is 9.80. The van der Waals surface area contributed by atoms with Crippen LogP contribution in [0.3, 0.4) is 0 Å². The number of allylic oxidation sites excluding steroid dienone is 4. The zero-order valence-electron chi connectivity index (χ0n) is 11.3. The molecule has 1 radical (unpaired) electrons. The van der Waals surface area contributed by atoms with Gasteiger partial charge < -0.3 is 24.8 Å². The maximum Gasteiger partial charge on any atom is 3.00 e. The first kappa shape index (κ1) is 21.9. The molecule has 0 bridgehead atoms. The van der Waals surface area contributed by atoms with Crippen molar-refractivity contribution in [1.29, 1.82) is 0 Å². The summed E-state index contributed by atoms with van der Waals surface area (Å²) in [5, 5.41) is 2.99. The summed E-state index contributed by atoms with van der Waals surface area (Å²) < 4.78 is 0. The number of halogens is 2. The van der Waals surface area contributed by atoms with Gasteiger partial charge in [-0.25, -0.2) is 11.3 Å². The molecule has 19 heavy (non-hydrogen) atoms. The molecule has 1 aliphatic rings. The molecule has 0 unspecified atom stereocenters. The second-order valence-electron chi connectivity index (χ2n) is 4.52. The van der Waals surface area contributed by atoms with Crippen molar-refractivity contribution < 1.29 is 46.5 Å². The SMILES string of the molecule is CSc1ccccc1[Si](C)(C)C1=[C-]CC=C1.[Cl-].[Cl-].[Ti+3]. The number of hydrogen-bond acceptors (Lipinski definition) is 1. The van der Waals surface area contributed by atoms with Crippen molar-refractivity contribution in [2.45, 2.75) is 24.4 Å². The van der Waals surface area contributed by atoms with Crippen LogP contribution in [0.25, 0.3) is 0 Å². The monoisotopic (exact) mass is 363 g/mol. The van der Waals surface area contributed by atoms with E-state index in [0.29, 0.717) is 0 Å². The van der Waals surface area contributed by atoms with E-state index in [9.17, 15) is 0 Å². The van der Waals surface area contributed by atoms with Gasteiger partial charge in [0.2, 0.25) is 0 Å². The molecule has 1 aromatic carbocycles. The van der Waals surface area contributed by atoms with Crippen LogP contribution in [0, 0.1) is 6.08 Å². The van der Waals surface area contributed by atoms with Crippen molar-refractivity contribution in [3.05, 3.63) is 47.7 Å². The summed E-state index contributed by atoms with van der Waals surface area (Å²) in [6, 6.07) is 8.80. The molecule has 0 N–H and O–H groups in total. The normalized spacial score (nSPS) is 12.9. The third kappa shape index (κ3) is 4.80. The molecule has 0 atom stereocenters. The van der Waals surface area contributed by atoms with Gasteiger partial charge in [-0.3, -0.25) is 6.08 Å². The van der Waals surface area contributed by atoms with Gasteiger partial charge in [-0.1, -0.05) is 31.3 Å². The minimum atomic E-state index is -1.51. The molecule has 0 fully saturated rings. The molecule has 1 aromatic rings. The minimum Gasteiger partial charge on any atom is -1.00 e. The molecule has 101 valence electrons. The second kappa shape index (κ2) is 9.49. The Labute approximate surface area is 149 Å². The van der Waals surface area contributed by atoms with E-state index >= 15 is 0 Å². The van der Waals surface area contributed by atoms with Gasteiger partial charge in [0.15, 0.2) is 0 Å². The van der Waals surface area contributed by atoms with E-state index in [4.69, 9.17) is 0 Å². The predicted molar refractivity (Wildman–Crippen MR) is 75.9 cm³/mol. The Morgan fingerprint density at radius 1 is 1.16 bits per heavy atom. The van der Waals surface area contributed by atoms with E-state index in [1.54, 1.807) is 0 Å². The molecule has 0 aliphatic heterocycles. The van der Waals surface area contributed by atoms with Gasteiger partial charge in [0, 0.05) is 4.90 Å². The van der Waals surface area contributed by atoms with Crippen LogP contribution in [0.15, 0.2) is 46.5 Å². The van der Waals surface area contributed by atoms with E-state index in [2.05, 4.69) is 61.8 Å². The summed E-state index contributed by atoms with van der Waals surface area (Å²) in [6.07, 6.45) is 11.1. The first-order chi connectivity index (χ1) is 7.66. The van der Waals surface area contributed by atoms with Crippen molar-refractivity contribution in [2.75, 3.05) is 6.26 Å². The van der Waals surface area contributed by atoms with E-state index in [1.807, 2.05) is 11.8 Å². The molecule has 0 spiro atoms. The summed E-state index contributed by atoms with van der Waals surface area (Å²) in [5.41, 5.74) is 0. The van der Waals surface area contributed by atoms with Crippen LogP contribution < -0.4 is 30.0 Å². The fourth-order valence-corrected chi connectivity index (χ4v) is 6.30. The zero-order valence-corrected chi connectivity index (χ0v) is 16.2. The van der Waals surface area contributed by atoms with Crippen LogP contribution in [-0.4, -0.2) is 14.3 Å². The average molecular weight is 364 g/mol. The van der Waals surface area contributed by atoms with Gasteiger partial charge in [0.25, 0.3) is 0 Å². The Morgan fingerprint density at radius 2 is 1.79 bits per heavy atom. The molecular weight excluding hydrogens is 347 g/mol. The van der Waals surface area contributed by atoms with Crippen molar-refractivity contribution in [3.63, 3.8) is 0 Å². The van der Waals surface area contributed by atoms with Gasteiger partial charge in [0.05, 0.1) is 8.07 Å². The quantitative estimate of drug-likeness (QED) is 0.326. The Hall–Kier alpha value is 0.561. The van der Waals surface area contributed by atoms with Crippen LogP contribution in [0.1, 0.15) is 6.42 Å². The molecule has 1 aliphatic carbocycles. The summed E-state index contributed by atoms with van der Waals surface area (Å²) in [7, 11) is -1.51. The molecule has 5 heteroatoms. The Bertz CT molecular complexity index is 459. The average Bonchev–Trinajstić information content (AvgIpc) is 2.83. The fraction of sp³-hybridized carbons (Fsp3) is 0.286. The van der Waals surface area contributed by atoms with Crippen LogP contribution in [0.4, 0.5) is 0 Å². The standard InChI is InChI=1S/C14H17SSi.2ClH.Ti/c1-15-13-10-6-7-11-14(13)16(2,3)12-8-4-5-9-12;;;/h4,6-8,10-11H,5H2,1-3H3;2*1H;/q-1;;;+3/p-2. The number of thioether (sulfide) groups is 1. The molecule has 2 rings (SSSR count). The maximum absolute atomic E-state index is 3.50. The summed E-state index contributed by atoms with van der Waals surface area (Å²) >= 11 is 1.85. The summed E-state index contributed by atoms with van der Waals surface area (Å²) in [6.45, 7) is 4.83. The van der Waals surface area contributed by atoms with E-state index in [1.165, 1.54) is 15.3 Å². The van der Waals surface area contributed by atoms with E-state index in [-0.39, 0.29) is 46.5 Å². The molecule has 0 nitrogen and oxygen atoms in total. The van der Waals surface area contributed by atoms with Crippen molar-refractivity contribution in [3.8, 4) is 0 Å². The number of hydrogen-bond donors (Lipinski definition) is 0. The van der Waals surface area contributed by atoms with Gasteiger partial charge in [-0.05, 0) is 17.5 Å². The Balaban J connectivity index is 0. The van der Waals surface area contributed by atoms with Gasteiger partial charge in [-0.2, -0.15) is 6.08 Å². The van der Waals surface area contributed by atoms with Crippen LogP contribution in [-0.2, 0) is 21.7 Å². The topological polar surface area (TPSA) is 0 Å². The van der Waals surface area contributed by atoms with Gasteiger partial charge in [0.1, 0.15) is 0 Å². The van der Waals surface area contributed by atoms with E-state index < -0.39 is 8.07 Å². The van der Waals surface area contributed by atoms with Crippen LogP contribution in [0.2, 0.25) is 13.1 Å². The third-order valence-corrected chi connectivity index (χ3v) is 7.60. The smallest absolute Gasteiger partial charge is 1.00 e. The molecule has 0 aromatic heterocycles. The largest absolute Gasteiger partial charge is 3.00 e. The maximum atomic E-state index is 3.50. The Kier molecular flexibility index (Phi) is 10.9. The fourth-order valence-electron chi connectivity index (χ4n) is 2.14. The molecule has 0 amide bonds. The van der Waals surface area contributed by atoms with E-state index in [0.717, 1.165) is 6.42 Å². The summed E-state index contributed by atoms with van der Waals surface area (Å²) in [5.74, 6) is 0. The summed E-state index contributed by atoms with van der Waals surface area (Å²) in [4.78, 5) is 1.42. The number of benzene rings is 1. The molecule has 0 saturated carbocycles. The molecule has 0 heterocycles. The van der Waals surface area contributed by atoms with Crippen molar-refractivity contribution in [2.24, 2.45) is 0 Å². The Morgan fingerprint density at radius 3 is 2.32 bits per heavy atom. The van der Waals surface area contributed by atoms with Crippen LogP contribution in [0.5, 0.6) is 0 Å². The van der Waals surface area contributed by atoms with Crippen LogP contribution >= 0.6 is 11.8 Å².